The van der Waals surface area contributed by atoms with Crippen molar-refractivity contribution in [3.63, 3.8) is 0 Å². The molecule has 1 aliphatic rings. The second kappa shape index (κ2) is 10.9. The Kier molecular flexibility index (Phi) is 7.91. The molecule has 0 bridgehead atoms. The van der Waals surface area contributed by atoms with Crippen molar-refractivity contribution in [2.75, 3.05) is 28.6 Å². The Bertz CT molecular complexity index is 1180. The number of carbonyl (C=O) groups excluding carboxylic acids is 2. The number of allylic oxidation sites excluding steroid dienone is 1. The summed E-state index contributed by atoms with van der Waals surface area (Å²) < 4.78 is 5.17. The van der Waals surface area contributed by atoms with Gasteiger partial charge in [-0.15, -0.1) is 0 Å². The van der Waals surface area contributed by atoms with Crippen LogP contribution in [-0.2, 0) is 9.53 Å². The van der Waals surface area contributed by atoms with Gasteiger partial charge in [-0.25, -0.2) is 14.8 Å². The van der Waals surface area contributed by atoms with Crippen molar-refractivity contribution >= 4 is 34.9 Å². The predicted octanol–water partition coefficient (Wildman–Crippen LogP) is 4.17. The zero-order chi connectivity index (χ0) is 25.6. The fourth-order valence-corrected chi connectivity index (χ4v) is 3.57. The van der Waals surface area contributed by atoms with Crippen LogP contribution in [0.5, 0.6) is 0 Å². The highest BCUT2D eigenvalue weighted by molar-refractivity contribution is 5.92. The molecule has 3 N–H and O–H groups in total. The number of aryl methyl sites for hydroxylation is 1. The lowest BCUT2D eigenvalue weighted by atomic mass is 10.1. The number of hydrogen-bond donors (Lipinski definition) is 3. The summed E-state index contributed by atoms with van der Waals surface area (Å²) in [5.74, 6) is 0.463. The SMILES string of the molecule is CCN1/C(=C(\C#N)c2nc(NC(=O)CCCNC(=O)OC(C)(C)C)ncc2C)Nc2ccccc21. The molecular weight excluding hydrogens is 446 g/mol. The normalized spacial score (nSPS) is 13.9. The number of aromatic nitrogens is 2. The zero-order valence-electron chi connectivity index (χ0n) is 20.7. The molecule has 0 saturated heterocycles. The standard InChI is InChI=1S/C25H31N7O3/c1-6-32-19-11-8-7-10-18(19)29-22(32)17(14-26)21-16(2)15-28-23(31-21)30-20(33)12-9-13-27-24(34)35-25(3,4)5/h7-8,10-11,15,29H,6,9,12-13H2,1-5H3,(H,27,34)(H,28,30,31,33)/b22-17+. The van der Waals surface area contributed by atoms with E-state index >= 15 is 0 Å². The van der Waals surface area contributed by atoms with E-state index in [-0.39, 0.29) is 18.3 Å². The van der Waals surface area contributed by atoms with Crippen LogP contribution in [0.25, 0.3) is 5.57 Å². The number of benzene rings is 1. The quantitative estimate of drug-likeness (QED) is 0.400. The molecule has 0 aliphatic carbocycles. The molecule has 10 heteroatoms. The number of nitrogens with one attached hydrogen (secondary N) is 3. The number of hydrogen-bond acceptors (Lipinski definition) is 8. The van der Waals surface area contributed by atoms with E-state index in [2.05, 4.69) is 32.0 Å². The minimum atomic E-state index is -0.579. The maximum Gasteiger partial charge on any atom is 0.407 e. The highest BCUT2D eigenvalue weighted by atomic mass is 16.6. The number of nitrogens with zero attached hydrogens (tertiary/aromatic N) is 4. The maximum atomic E-state index is 12.4. The van der Waals surface area contributed by atoms with Crippen molar-refractivity contribution in [3.8, 4) is 6.07 Å². The third-order valence-corrected chi connectivity index (χ3v) is 5.09. The molecule has 184 valence electrons. The van der Waals surface area contributed by atoms with Gasteiger partial charge >= 0.3 is 6.09 Å². The van der Waals surface area contributed by atoms with Crippen LogP contribution in [0.1, 0.15) is 51.8 Å². The van der Waals surface area contributed by atoms with Gasteiger partial charge in [-0.2, -0.15) is 5.26 Å². The summed E-state index contributed by atoms with van der Waals surface area (Å²) in [5.41, 5.74) is 2.83. The number of anilines is 3. The van der Waals surface area contributed by atoms with E-state index in [0.29, 0.717) is 42.2 Å². The van der Waals surface area contributed by atoms with Gasteiger partial charge in [-0.1, -0.05) is 12.1 Å². The first-order chi connectivity index (χ1) is 16.6. The van der Waals surface area contributed by atoms with Crippen molar-refractivity contribution in [3.05, 3.63) is 47.5 Å². The third-order valence-electron chi connectivity index (χ3n) is 5.09. The minimum absolute atomic E-state index is 0.114. The Morgan fingerprint density at radius 2 is 2.00 bits per heavy atom. The van der Waals surface area contributed by atoms with Crippen LogP contribution in [0.15, 0.2) is 36.3 Å². The zero-order valence-corrected chi connectivity index (χ0v) is 20.7. The Labute approximate surface area is 205 Å². The van der Waals surface area contributed by atoms with Crippen LogP contribution in [0.3, 0.4) is 0 Å². The van der Waals surface area contributed by atoms with Crippen LogP contribution in [0, 0.1) is 18.3 Å². The second-order valence-electron chi connectivity index (χ2n) is 9.03. The van der Waals surface area contributed by atoms with Crippen molar-refractivity contribution in [2.24, 2.45) is 0 Å². The van der Waals surface area contributed by atoms with Gasteiger partial charge in [0.25, 0.3) is 0 Å². The smallest absolute Gasteiger partial charge is 0.407 e. The van der Waals surface area contributed by atoms with Crippen molar-refractivity contribution in [1.82, 2.24) is 15.3 Å². The molecule has 10 nitrogen and oxygen atoms in total. The fourth-order valence-electron chi connectivity index (χ4n) is 3.57. The summed E-state index contributed by atoms with van der Waals surface area (Å²) in [6, 6.07) is 10.1. The molecular formula is C25H31N7O3. The van der Waals surface area contributed by atoms with Crippen LogP contribution in [0.2, 0.25) is 0 Å². The summed E-state index contributed by atoms with van der Waals surface area (Å²) >= 11 is 0. The predicted molar refractivity (Wildman–Crippen MR) is 134 cm³/mol. The highest BCUT2D eigenvalue weighted by Gasteiger charge is 2.27. The lowest BCUT2D eigenvalue weighted by molar-refractivity contribution is -0.116. The Morgan fingerprint density at radius 1 is 1.26 bits per heavy atom. The number of fused-ring (bicyclic) bond motifs is 1. The molecule has 0 spiro atoms. The van der Waals surface area contributed by atoms with Gasteiger partial charge in [0, 0.05) is 25.7 Å². The van der Waals surface area contributed by atoms with Crippen LogP contribution in [0.4, 0.5) is 22.1 Å². The van der Waals surface area contributed by atoms with Gasteiger partial charge < -0.3 is 20.3 Å². The molecule has 2 heterocycles. The molecule has 0 saturated carbocycles. The topological polar surface area (TPSA) is 132 Å². The molecule has 2 aromatic rings. The van der Waals surface area contributed by atoms with Crippen molar-refractivity contribution < 1.29 is 14.3 Å². The van der Waals surface area contributed by atoms with Crippen LogP contribution >= 0.6 is 0 Å². The van der Waals surface area contributed by atoms with E-state index < -0.39 is 11.7 Å². The monoisotopic (exact) mass is 477 g/mol. The summed E-state index contributed by atoms with van der Waals surface area (Å²) in [6.45, 7) is 10.1. The van der Waals surface area contributed by atoms with Gasteiger partial charge in [0.15, 0.2) is 0 Å². The van der Waals surface area contributed by atoms with E-state index in [1.165, 1.54) is 0 Å². The summed E-state index contributed by atoms with van der Waals surface area (Å²) in [6.07, 6.45) is 1.64. The number of carbonyl (C=O) groups is 2. The Balaban J connectivity index is 1.69. The average Bonchev–Trinajstić information content (AvgIpc) is 3.16. The molecule has 3 rings (SSSR count). The Hall–Kier alpha value is -4.13. The van der Waals surface area contributed by atoms with E-state index in [0.717, 1.165) is 11.4 Å². The minimum Gasteiger partial charge on any atom is -0.444 e. The second-order valence-corrected chi connectivity index (χ2v) is 9.03. The lowest BCUT2D eigenvalue weighted by Gasteiger charge is -2.19. The molecule has 1 aromatic heterocycles. The van der Waals surface area contributed by atoms with Crippen molar-refractivity contribution in [1.29, 1.82) is 5.26 Å². The molecule has 0 unspecified atom stereocenters. The summed E-state index contributed by atoms with van der Waals surface area (Å²) in [5, 5.41) is 18.6. The number of amides is 2. The number of para-hydroxylation sites is 2. The fraction of sp³-hybridized carbons (Fsp3) is 0.400. The Morgan fingerprint density at radius 3 is 2.69 bits per heavy atom. The van der Waals surface area contributed by atoms with Gasteiger partial charge in [-0.05, 0) is 58.7 Å². The highest BCUT2D eigenvalue weighted by Crippen LogP contribution is 2.38. The molecule has 1 aliphatic heterocycles. The van der Waals surface area contributed by atoms with E-state index in [4.69, 9.17) is 4.74 Å². The molecule has 1 aromatic carbocycles. The van der Waals surface area contributed by atoms with E-state index in [9.17, 15) is 14.9 Å². The first kappa shape index (κ1) is 25.5. The van der Waals surface area contributed by atoms with Gasteiger partial charge in [0.05, 0.1) is 17.1 Å². The third kappa shape index (κ3) is 6.47. The summed E-state index contributed by atoms with van der Waals surface area (Å²) in [7, 11) is 0. The number of rotatable bonds is 7. The molecule has 0 atom stereocenters. The van der Waals surface area contributed by atoms with E-state index in [1.54, 1.807) is 27.0 Å². The lowest BCUT2D eigenvalue weighted by Crippen LogP contribution is -2.33. The maximum absolute atomic E-state index is 12.4. The number of nitriles is 1. The number of ether oxygens (including phenoxy) is 1. The van der Waals surface area contributed by atoms with E-state index in [1.807, 2.05) is 43.0 Å². The van der Waals surface area contributed by atoms with Crippen molar-refractivity contribution in [2.45, 2.75) is 53.1 Å². The molecule has 2 amide bonds. The van der Waals surface area contributed by atoms with Gasteiger partial charge in [0.2, 0.25) is 11.9 Å². The first-order valence-corrected chi connectivity index (χ1v) is 11.5. The molecule has 0 fully saturated rings. The van der Waals surface area contributed by atoms with Crippen LogP contribution < -0.4 is 20.9 Å². The van der Waals surface area contributed by atoms with Gasteiger partial charge in [0.1, 0.15) is 23.1 Å². The molecule has 35 heavy (non-hydrogen) atoms. The van der Waals surface area contributed by atoms with Crippen LogP contribution in [-0.4, -0.2) is 40.7 Å². The summed E-state index contributed by atoms with van der Waals surface area (Å²) in [4.78, 5) is 34.8. The number of alkyl carbamates (subject to hydrolysis) is 1. The van der Waals surface area contributed by atoms with Gasteiger partial charge in [-0.3, -0.25) is 10.1 Å². The first-order valence-electron chi connectivity index (χ1n) is 11.5. The average molecular weight is 478 g/mol. The largest absolute Gasteiger partial charge is 0.444 e. The molecule has 0 radical (unpaired) electrons.